The van der Waals surface area contributed by atoms with Crippen LogP contribution in [0.4, 0.5) is 0 Å². The van der Waals surface area contributed by atoms with Crippen LogP contribution in [0, 0.1) is 0 Å². The summed E-state index contributed by atoms with van der Waals surface area (Å²) in [5, 5.41) is 3.60. The Morgan fingerprint density at radius 2 is 2.05 bits per heavy atom. The van der Waals surface area contributed by atoms with Crippen molar-refractivity contribution >= 4 is 21.8 Å². The second-order valence-electron chi connectivity index (χ2n) is 6.40. The summed E-state index contributed by atoms with van der Waals surface area (Å²) in [7, 11) is 1.90. The van der Waals surface area contributed by atoms with Crippen molar-refractivity contribution in [1.29, 1.82) is 0 Å². The van der Waals surface area contributed by atoms with Crippen molar-refractivity contribution in [3.05, 3.63) is 33.2 Å². The number of hydrogen-bond donors (Lipinski definition) is 1. The van der Waals surface area contributed by atoms with Crippen LogP contribution in [0.15, 0.2) is 27.6 Å². The molecule has 2 fully saturated rings. The number of pyridine rings is 1. The summed E-state index contributed by atoms with van der Waals surface area (Å²) in [5.41, 5.74) is -0.0708. The van der Waals surface area contributed by atoms with E-state index in [0.717, 1.165) is 17.3 Å². The van der Waals surface area contributed by atoms with E-state index >= 15 is 0 Å². The summed E-state index contributed by atoms with van der Waals surface area (Å²) in [6.07, 6.45) is 6.67. The molecule has 3 rings (SSSR count). The van der Waals surface area contributed by atoms with Crippen molar-refractivity contribution in [2.75, 3.05) is 7.05 Å². The van der Waals surface area contributed by atoms with E-state index in [0.29, 0.717) is 31.1 Å². The number of aryl methyl sites for hydroxylation is 1. The Bertz CT molecular complexity index is 604. The number of carbonyl (C=O) groups is 1. The number of piperidine rings is 1. The van der Waals surface area contributed by atoms with E-state index in [-0.39, 0.29) is 11.5 Å². The summed E-state index contributed by atoms with van der Waals surface area (Å²) < 4.78 is 2.44. The number of carbonyl (C=O) groups excluding carboxylic acids is 1. The van der Waals surface area contributed by atoms with Gasteiger partial charge in [-0.2, -0.15) is 0 Å². The van der Waals surface area contributed by atoms with Crippen LogP contribution >= 0.6 is 15.9 Å². The van der Waals surface area contributed by atoms with E-state index < -0.39 is 0 Å². The van der Waals surface area contributed by atoms with Crippen LogP contribution in [0.2, 0.25) is 0 Å². The zero-order valence-corrected chi connectivity index (χ0v) is 14.4. The minimum atomic E-state index is -0.0708. The summed E-state index contributed by atoms with van der Waals surface area (Å²) >= 11 is 3.35. The Morgan fingerprint density at radius 1 is 1.36 bits per heavy atom. The third-order valence-corrected chi connectivity index (χ3v) is 5.37. The van der Waals surface area contributed by atoms with Gasteiger partial charge < -0.3 is 14.8 Å². The van der Waals surface area contributed by atoms with Crippen molar-refractivity contribution in [3.8, 4) is 0 Å². The van der Waals surface area contributed by atoms with Gasteiger partial charge in [-0.05, 0) is 47.7 Å². The van der Waals surface area contributed by atoms with Gasteiger partial charge in [0.1, 0.15) is 0 Å². The number of hydrogen-bond acceptors (Lipinski definition) is 3. The molecule has 2 atom stereocenters. The lowest BCUT2D eigenvalue weighted by Crippen LogP contribution is -2.48. The monoisotopic (exact) mass is 367 g/mol. The fourth-order valence-electron chi connectivity index (χ4n) is 3.62. The van der Waals surface area contributed by atoms with Crippen molar-refractivity contribution in [3.63, 3.8) is 0 Å². The van der Waals surface area contributed by atoms with E-state index in [9.17, 15) is 9.59 Å². The van der Waals surface area contributed by atoms with E-state index in [1.54, 1.807) is 16.8 Å². The average Bonchev–Trinajstić information content (AvgIpc) is 2.85. The predicted octanol–water partition coefficient (Wildman–Crippen LogP) is 1.74. The number of nitrogens with zero attached hydrogens (tertiary/aromatic N) is 2. The quantitative estimate of drug-likeness (QED) is 0.881. The van der Waals surface area contributed by atoms with Crippen molar-refractivity contribution in [2.45, 2.75) is 56.8 Å². The van der Waals surface area contributed by atoms with Gasteiger partial charge >= 0.3 is 0 Å². The van der Waals surface area contributed by atoms with E-state index in [1.165, 1.54) is 18.9 Å². The fraction of sp³-hybridized carbons (Fsp3) is 0.625. The fourth-order valence-corrected chi connectivity index (χ4v) is 4.00. The van der Waals surface area contributed by atoms with Crippen LogP contribution in [0.25, 0.3) is 0 Å². The molecule has 2 saturated heterocycles. The molecule has 5 nitrogen and oxygen atoms in total. The molecule has 2 bridgehead atoms. The van der Waals surface area contributed by atoms with E-state index in [4.69, 9.17) is 0 Å². The van der Waals surface area contributed by atoms with Crippen molar-refractivity contribution in [1.82, 2.24) is 14.8 Å². The van der Waals surface area contributed by atoms with Gasteiger partial charge in [0.25, 0.3) is 5.56 Å². The highest BCUT2D eigenvalue weighted by Crippen LogP contribution is 2.29. The minimum absolute atomic E-state index is 0.0708. The number of nitrogens with one attached hydrogen (secondary N) is 1. The highest BCUT2D eigenvalue weighted by Gasteiger charge is 2.36. The van der Waals surface area contributed by atoms with Crippen LogP contribution < -0.4 is 10.9 Å². The molecule has 3 heterocycles. The molecule has 120 valence electrons. The second-order valence-corrected chi connectivity index (χ2v) is 7.31. The molecule has 0 aromatic carbocycles. The molecule has 2 aliphatic heterocycles. The first-order valence-electron chi connectivity index (χ1n) is 7.90. The topological polar surface area (TPSA) is 54.3 Å². The highest BCUT2D eigenvalue weighted by molar-refractivity contribution is 9.10. The second kappa shape index (κ2) is 6.54. The lowest BCUT2D eigenvalue weighted by molar-refractivity contribution is -0.132. The van der Waals surface area contributed by atoms with Gasteiger partial charge in [-0.15, -0.1) is 0 Å². The highest BCUT2D eigenvalue weighted by atomic mass is 79.9. The van der Waals surface area contributed by atoms with Gasteiger partial charge in [0, 0.05) is 54.9 Å². The lowest BCUT2D eigenvalue weighted by atomic mass is 9.98. The van der Waals surface area contributed by atoms with Crippen molar-refractivity contribution < 1.29 is 4.79 Å². The zero-order valence-electron chi connectivity index (χ0n) is 12.8. The van der Waals surface area contributed by atoms with Gasteiger partial charge in [0.15, 0.2) is 0 Å². The number of halogens is 1. The van der Waals surface area contributed by atoms with E-state index in [2.05, 4.69) is 21.2 Å². The SMILES string of the molecule is CN(C(=O)CCn1cc(Br)ccc1=O)C1CC2CCC(C1)N2. The first-order chi connectivity index (χ1) is 10.5. The molecule has 0 saturated carbocycles. The molecule has 0 aliphatic carbocycles. The molecule has 22 heavy (non-hydrogen) atoms. The molecule has 6 heteroatoms. The van der Waals surface area contributed by atoms with E-state index in [1.807, 2.05) is 11.9 Å². The maximum Gasteiger partial charge on any atom is 0.250 e. The maximum atomic E-state index is 12.4. The Labute approximate surface area is 138 Å². The van der Waals surface area contributed by atoms with Gasteiger partial charge in [0.05, 0.1) is 0 Å². The Morgan fingerprint density at radius 3 is 2.73 bits per heavy atom. The molecule has 1 amide bonds. The third kappa shape index (κ3) is 3.43. The Balaban J connectivity index is 1.57. The Kier molecular flexibility index (Phi) is 4.68. The summed E-state index contributed by atoms with van der Waals surface area (Å²) in [4.78, 5) is 26.1. The number of fused-ring (bicyclic) bond motifs is 2. The molecular formula is C16H22BrN3O2. The summed E-state index contributed by atoms with van der Waals surface area (Å²) in [5.74, 6) is 0.123. The normalized spacial score (nSPS) is 26.9. The molecule has 1 N–H and O–H groups in total. The van der Waals surface area contributed by atoms with Gasteiger partial charge in [0.2, 0.25) is 5.91 Å². The smallest absolute Gasteiger partial charge is 0.250 e. The predicted molar refractivity (Wildman–Crippen MR) is 88.8 cm³/mol. The third-order valence-electron chi connectivity index (χ3n) is 4.90. The zero-order chi connectivity index (χ0) is 15.7. The number of aromatic nitrogens is 1. The molecule has 2 unspecified atom stereocenters. The lowest BCUT2D eigenvalue weighted by Gasteiger charge is -2.35. The maximum absolute atomic E-state index is 12.4. The largest absolute Gasteiger partial charge is 0.343 e. The standard InChI is InChI=1S/C16H22BrN3O2/c1-19(14-8-12-3-4-13(9-14)18-12)15(21)6-7-20-10-11(17)2-5-16(20)22/h2,5,10,12-14,18H,3-4,6-9H2,1H3. The molecule has 2 aliphatic rings. The van der Waals surface area contributed by atoms with Gasteiger partial charge in [-0.25, -0.2) is 0 Å². The molecule has 0 radical (unpaired) electrons. The van der Waals surface area contributed by atoms with Gasteiger partial charge in [-0.3, -0.25) is 9.59 Å². The summed E-state index contributed by atoms with van der Waals surface area (Å²) in [6.45, 7) is 0.430. The number of amides is 1. The van der Waals surface area contributed by atoms with Crippen molar-refractivity contribution in [2.24, 2.45) is 0 Å². The molecule has 1 aromatic heterocycles. The van der Waals surface area contributed by atoms with Gasteiger partial charge in [-0.1, -0.05) is 0 Å². The van der Waals surface area contributed by atoms with Crippen LogP contribution in [0.3, 0.4) is 0 Å². The average molecular weight is 368 g/mol. The molecule has 1 aromatic rings. The molecular weight excluding hydrogens is 346 g/mol. The first-order valence-corrected chi connectivity index (χ1v) is 8.70. The van der Waals surface area contributed by atoms with Crippen LogP contribution in [0.5, 0.6) is 0 Å². The number of rotatable bonds is 4. The van der Waals surface area contributed by atoms with Crippen LogP contribution in [-0.2, 0) is 11.3 Å². The first kappa shape index (κ1) is 15.7. The Hall–Kier alpha value is -1.14. The van der Waals surface area contributed by atoms with Crippen LogP contribution in [-0.4, -0.2) is 40.5 Å². The summed E-state index contributed by atoms with van der Waals surface area (Å²) in [6, 6.07) is 4.73. The van der Waals surface area contributed by atoms with Crippen LogP contribution in [0.1, 0.15) is 32.1 Å². The minimum Gasteiger partial charge on any atom is -0.343 e. The molecule has 0 spiro atoms.